The maximum absolute atomic E-state index is 12.3. The molecule has 0 radical (unpaired) electrons. The Morgan fingerprint density at radius 2 is 1.50 bits per heavy atom. The molecule has 0 aromatic heterocycles. The minimum atomic E-state index is -4.40. The van der Waals surface area contributed by atoms with Crippen molar-refractivity contribution in [3.05, 3.63) is 65.6 Å². The Kier molecular flexibility index (Phi) is 5.50. The van der Waals surface area contributed by atoms with Crippen molar-refractivity contribution in [3.63, 3.8) is 0 Å². The average Bonchev–Trinajstić information content (AvgIpc) is 2.52. The summed E-state index contributed by atoms with van der Waals surface area (Å²) in [5.41, 5.74) is 0.775. The van der Waals surface area contributed by atoms with E-state index >= 15 is 0 Å². The maximum atomic E-state index is 12.3. The van der Waals surface area contributed by atoms with E-state index in [1.807, 2.05) is 0 Å². The van der Waals surface area contributed by atoms with Gasteiger partial charge in [-0.3, -0.25) is 4.72 Å². The van der Waals surface area contributed by atoms with Crippen LogP contribution >= 0.6 is 0 Å². The molecule has 2 aromatic rings. The highest BCUT2D eigenvalue weighted by Crippen LogP contribution is 2.24. The third kappa shape index (κ3) is 5.96. The summed E-state index contributed by atoms with van der Waals surface area (Å²) in [6.07, 6.45) is -3.01. The molecular weight excluding hydrogens is 341 g/mol. The van der Waals surface area contributed by atoms with E-state index in [9.17, 15) is 21.6 Å². The summed E-state index contributed by atoms with van der Waals surface area (Å²) in [6, 6.07) is 14.6. The van der Waals surface area contributed by atoms with E-state index in [0.29, 0.717) is 5.56 Å². The molecule has 0 saturated heterocycles. The van der Waals surface area contributed by atoms with Crippen LogP contribution in [-0.4, -0.2) is 21.1 Å². The second-order valence-electron chi connectivity index (χ2n) is 4.87. The maximum Gasteiger partial charge on any atom is 0.405 e. The number of rotatable bonds is 6. The minimum Gasteiger partial charge on any atom is -0.375 e. The predicted molar refractivity (Wildman–Crippen MR) is 89.0 cm³/mol. The SMILES string of the molecule is O=S(=O)(/C=C/c1ccccc1)Nc1ccccc1NCC(F)(F)F. The van der Waals surface area contributed by atoms with Crippen molar-refractivity contribution in [1.82, 2.24) is 0 Å². The van der Waals surface area contributed by atoms with Crippen molar-refractivity contribution in [3.8, 4) is 0 Å². The molecule has 2 rings (SSSR count). The molecule has 0 aliphatic rings. The molecule has 0 aliphatic carbocycles. The van der Waals surface area contributed by atoms with Crippen LogP contribution in [0.25, 0.3) is 6.08 Å². The zero-order valence-corrected chi connectivity index (χ0v) is 13.2. The Morgan fingerprint density at radius 3 is 2.12 bits per heavy atom. The first-order valence-corrected chi connectivity index (χ1v) is 8.45. The van der Waals surface area contributed by atoms with Gasteiger partial charge in [-0.05, 0) is 23.8 Å². The summed E-state index contributed by atoms with van der Waals surface area (Å²) < 4.78 is 63.3. The van der Waals surface area contributed by atoms with Gasteiger partial charge in [-0.1, -0.05) is 42.5 Å². The highest BCUT2D eigenvalue weighted by Gasteiger charge is 2.27. The van der Waals surface area contributed by atoms with Crippen molar-refractivity contribution >= 4 is 27.5 Å². The van der Waals surface area contributed by atoms with E-state index in [1.165, 1.54) is 30.3 Å². The molecule has 0 fully saturated rings. The standard InChI is InChI=1S/C16H15F3N2O2S/c17-16(18,19)12-20-14-8-4-5-9-15(14)21-24(22,23)11-10-13-6-2-1-3-7-13/h1-11,20-21H,12H2/b11-10+. The number of nitrogens with one attached hydrogen (secondary N) is 2. The molecule has 0 amide bonds. The van der Waals surface area contributed by atoms with Gasteiger partial charge in [0.25, 0.3) is 10.0 Å². The molecular formula is C16H15F3N2O2S. The van der Waals surface area contributed by atoms with E-state index in [1.54, 1.807) is 30.3 Å². The van der Waals surface area contributed by atoms with E-state index in [2.05, 4.69) is 10.0 Å². The fraction of sp³-hybridized carbons (Fsp3) is 0.125. The summed E-state index contributed by atoms with van der Waals surface area (Å²) in [7, 11) is -3.86. The number of alkyl halides is 3. The van der Waals surface area contributed by atoms with E-state index in [0.717, 1.165) is 5.41 Å². The van der Waals surface area contributed by atoms with Crippen LogP contribution in [0.15, 0.2) is 60.0 Å². The number of hydrogen-bond donors (Lipinski definition) is 2. The molecule has 0 heterocycles. The lowest BCUT2D eigenvalue weighted by molar-refractivity contribution is -0.115. The van der Waals surface area contributed by atoms with Gasteiger partial charge in [0.2, 0.25) is 0 Å². The fourth-order valence-electron chi connectivity index (χ4n) is 1.84. The smallest absolute Gasteiger partial charge is 0.375 e. The molecule has 128 valence electrons. The third-order valence-electron chi connectivity index (χ3n) is 2.90. The quantitative estimate of drug-likeness (QED) is 0.820. The largest absolute Gasteiger partial charge is 0.405 e. The van der Waals surface area contributed by atoms with E-state index < -0.39 is 22.7 Å². The van der Waals surface area contributed by atoms with Gasteiger partial charge in [0.05, 0.1) is 16.8 Å². The summed E-state index contributed by atoms with van der Waals surface area (Å²) in [4.78, 5) is 0. The average molecular weight is 356 g/mol. The van der Waals surface area contributed by atoms with Crippen LogP contribution in [0.4, 0.5) is 24.5 Å². The number of anilines is 2. The molecule has 2 aromatic carbocycles. The molecule has 0 spiro atoms. The summed E-state index contributed by atoms with van der Waals surface area (Å²) in [5, 5.41) is 3.13. The minimum absolute atomic E-state index is 0.0412. The predicted octanol–water partition coefficient (Wildman–Crippen LogP) is 4.07. The number of sulfonamides is 1. The molecule has 0 atom stereocenters. The lowest BCUT2D eigenvalue weighted by atomic mass is 10.2. The summed E-state index contributed by atoms with van der Waals surface area (Å²) >= 11 is 0. The zero-order valence-electron chi connectivity index (χ0n) is 12.4. The van der Waals surface area contributed by atoms with Crippen molar-refractivity contribution in [2.24, 2.45) is 0 Å². The lowest BCUT2D eigenvalue weighted by Crippen LogP contribution is -2.22. The molecule has 4 nitrogen and oxygen atoms in total. The first kappa shape index (κ1) is 17.9. The van der Waals surface area contributed by atoms with E-state index in [-0.39, 0.29) is 11.4 Å². The Bertz CT molecular complexity index is 804. The molecule has 24 heavy (non-hydrogen) atoms. The summed E-state index contributed by atoms with van der Waals surface area (Å²) in [6.45, 7) is -1.26. The van der Waals surface area contributed by atoms with Crippen molar-refractivity contribution in [2.45, 2.75) is 6.18 Å². The van der Waals surface area contributed by atoms with Crippen LogP contribution in [-0.2, 0) is 10.0 Å². The lowest BCUT2D eigenvalue weighted by Gasteiger charge is -2.14. The molecule has 0 aliphatic heterocycles. The topological polar surface area (TPSA) is 58.2 Å². The molecule has 2 N–H and O–H groups in total. The molecule has 8 heteroatoms. The van der Waals surface area contributed by atoms with Gasteiger partial charge in [0, 0.05) is 0 Å². The van der Waals surface area contributed by atoms with Crippen LogP contribution < -0.4 is 10.0 Å². The second-order valence-corrected chi connectivity index (χ2v) is 6.44. The Balaban J connectivity index is 2.13. The summed E-state index contributed by atoms with van der Waals surface area (Å²) in [5.74, 6) is 0. The second kappa shape index (κ2) is 7.39. The van der Waals surface area contributed by atoms with Crippen molar-refractivity contribution in [2.75, 3.05) is 16.6 Å². The normalized spacial score (nSPS) is 12.3. The highest BCUT2D eigenvalue weighted by molar-refractivity contribution is 7.95. The number of hydrogen-bond acceptors (Lipinski definition) is 3. The number of benzene rings is 2. The van der Waals surface area contributed by atoms with E-state index in [4.69, 9.17) is 0 Å². The first-order valence-electron chi connectivity index (χ1n) is 6.91. The van der Waals surface area contributed by atoms with Gasteiger partial charge < -0.3 is 5.32 Å². The van der Waals surface area contributed by atoms with Crippen molar-refractivity contribution in [1.29, 1.82) is 0 Å². The van der Waals surface area contributed by atoms with Gasteiger partial charge in [-0.25, -0.2) is 8.42 Å². The Morgan fingerprint density at radius 1 is 0.917 bits per heavy atom. The van der Waals surface area contributed by atoms with Crippen LogP contribution in [0.1, 0.15) is 5.56 Å². The van der Waals surface area contributed by atoms with Gasteiger partial charge in [-0.2, -0.15) is 13.2 Å². The van der Waals surface area contributed by atoms with Gasteiger partial charge in [0.15, 0.2) is 0 Å². The molecule has 0 unspecified atom stereocenters. The molecule has 0 saturated carbocycles. The number of para-hydroxylation sites is 2. The van der Waals surface area contributed by atoms with Crippen molar-refractivity contribution < 1.29 is 21.6 Å². The van der Waals surface area contributed by atoms with Crippen LogP contribution in [0.2, 0.25) is 0 Å². The molecule has 0 bridgehead atoms. The number of halogens is 3. The Labute approximate surface area is 138 Å². The zero-order chi connectivity index (χ0) is 17.6. The van der Waals surface area contributed by atoms with Gasteiger partial charge in [0.1, 0.15) is 6.54 Å². The third-order valence-corrected chi connectivity index (χ3v) is 3.90. The van der Waals surface area contributed by atoms with Crippen LogP contribution in [0, 0.1) is 0 Å². The fourth-order valence-corrected chi connectivity index (χ4v) is 2.73. The first-order chi connectivity index (χ1) is 11.3. The van der Waals surface area contributed by atoms with Crippen LogP contribution in [0.3, 0.4) is 0 Å². The van der Waals surface area contributed by atoms with Gasteiger partial charge >= 0.3 is 6.18 Å². The highest BCUT2D eigenvalue weighted by atomic mass is 32.2. The van der Waals surface area contributed by atoms with Crippen LogP contribution in [0.5, 0.6) is 0 Å². The van der Waals surface area contributed by atoms with Gasteiger partial charge in [-0.15, -0.1) is 0 Å². The Hall–Kier alpha value is -2.48. The monoisotopic (exact) mass is 356 g/mol.